The van der Waals surface area contributed by atoms with Crippen LogP contribution in [0.2, 0.25) is 0 Å². The molecule has 0 fully saturated rings. The van der Waals surface area contributed by atoms with E-state index in [1.807, 2.05) is 0 Å². The fourth-order valence-corrected chi connectivity index (χ4v) is 1.46. The summed E-state index contributed by atoms with van der Waals surface area (Å²) in [4.78, 5) is 0. The normalized spacial score (nSPS) is 12.7. The number of halogens is 2. The van der Waals surface area contributed by atoms with Gasteiger partial charge in [-0.15, -0.1) is 0 Å². The number of ether oxygens (including phenoxy) is 1. The molecule has 0 spiro atoms. The number of aliphatic hydroxyl groups is 1. The molecule has 0 bridgehead atoms. The van der Waals surface area contributed by atoms with Crippen LogP contribution in [0.15, 0.2) is 18.2 Å². The van der Waals surface area contributed by atoms with Gasteiger partial charge in [-0.3, -0.25) is 0 Å². The first-order valence-electron chi connectivity index (χ1n) is 5.45. The fraction of sp³-hybridized carbons (Fsp3) is 0.500. The van der Waals surface area contributed by atoms with E-state index in [9.17, 15) is 13.9 Å². The van der Waals surface area contributed by atoms with Crippen molar-refractivity contribution in [1.82, 2.24) is 5.32 Å². The molecule has 0 amide bonds. The third-order valence-electron chi connectivity index (χ3n) is 2.38. The Kier molecular flexibility index (Phi) is 6.04. The maximum Gasteiger partial charge on any atom is 0.130 e. The lowest BCUT2D eigenvalue weighted by molar-refractivity contribution is 0.0594. The molecule has 0 heterocycles. The molecule has 17 heavy (non-hydrogen) atoms. The SMILES string of the molecule is COCC(O)CCNCc1c(F)cccc1F. The average Bonchev–Trinajstić information content (AvgIpc) is 2.28. The predicted octanol–water partition coefficient (Wildman–Crippen LogP) is 1.45. The molecule has 1 rings (SSSR count). The van der Waals surface area contributed by atoms with Gasteiger partial charge in [0.05, 0.1) is 12.7 Å². The molecule has 3 nitrogen and oxygen atoms in total. The zero-order valence-corrected chi connectivity index (χ0v) is 9.75. The summed E-state index contributed by atoms with van der Waals surface area (Å²) in [7, 11) is 1.51. The highest BCUT2D eigenvalue weighted by Gasteiger charge is 2.08. The van der Waals surface area contributed by atoms with Gasteiger partial charge in [0.1, 0.15) is 11.6 Å². The molecule has 0 aliphatic carbocycles. The standard InChI is InChI=1S/C12H17F2NO2/c1-17-8-9(16)5-6-15-7-10-11(13)3-2-4-12(10)14/h2-4,9,15-16H,5-8H2,1H3. The Morgan fingerprint density at radius 1 is 1.35 bits per heavy atom. The van der Waals surface area contributed by atoms with Gasteiger partial charge in [0.25, 0.3) is 0 Å². The Labute approximate surface area is 99.4 Å². The summed E-state index contributed by atoms with van der Waals surface area (Å²) in [6.07, 6.45) is -0.0813. The van der Waals surface area contributed by atoms with Gasteiger partial charge in [0.15, 0.2) is 0 Å². The van der Waals surface area contributed by atoms with Crippen molar-refractivity contribution in [3.05, 3.63) is 35.4 Å². The summed E-state index contributed by atoms with van der Waals surface area (Å²) in [5.41, 5.74) is 0.0220. The van der Waals surface area contributed by atoms with Crippen LogP contribution in [-0.4, -0.2) is 31.5 Å². The Hall–Kier alpha value is -1.04. The van der Waals surface area contributed by atoms with Crippen molar-refractivity contribution in [3.63, 3.8) is 0 Å². The monoisotopic (exact) mass is 245 g/mol. The third kappa shape index (κ3) is 4.77. The highest BCUT2D eigenvalue weighted by molar-refractivity contribution is 5.19. The van der Waals surface area contributed by atoms with Gasteiger partial charge >= 0.3 is 0 Å². The molecule has 0 aliphatic rings. The second-order valence-electron chi connectivity index (χ2n) is 3.77. The lowest BCUT2D eigenvalue weighted by atomic mass is 10.2. The summed E-state index contributed by atoms with van der Waals surface area (Å²) in [5.74, 6) is -1.12. The van der Waals surface area contributed by atoms with Gasteiger partial charge in [-0.25, -0.2) is 8.78 Å². The summed E-state index contributed by atoms with van der Waals surface area (Å²) in [6, 6.07) is 3.77. The van der Waals surface area contributed by atoms with Crippen molar-refractivity contribution >= 4 is 0 Å². The number of nitrogens with one attached hydrogen (secondary N) is 1. The van der Waals surface area contributed by atoms with Crippen LogP contribution in [0, 0.1) is 11.6 Å². The minimum Gasteiger partial charge on any atom is -0.391 e. The first-order chi connectivity index (χ1) is 8.15. The van der Waals surface area contributed by atoms with Gasteiger partial charge < -0.3 is 15.2 Å². The molecular formula is C12H17F2NO2. The van der Waals surface area contributed by atoms with Crippen LogP contribution >= 0.6 is 0 Å². The molecule has 5 heteroatoms. The summed E-state index contributed by atoms with van der Waals surface area (Å²) in [5, 5.41) is 12.2. The third-order valence-corrected chi connectivity index (χ3v) is 2.38. The van der Waals surface area contributed by atoms with Crippen molar-refractivity contribution in [1.29, 1.82) is 0 Å². The highest BCUT2D eigenvalue weighted by atomic mass is 19.1. The summed E-state index contributed by atoms with van der Waals surface area (Å²) < 4.78 is 31.2. The second-order valence-corrected chi connectivity index (χ2v) is 3.77. The van der Waals surface area contributed by atoms with Crippen molar-refractivity contribution in [2.24, 2.45) is 0 Å². The van der Waals surface area contributed by atoms with Gasteiger partial charge in [-0.2, -0.15) is 0 Å². The van der Waals surface area contributed by atoms with E-state index >= 15 is 0 Å². The molecular weight excluding hydrogens is 228 g/mol. The van der Waals surface area contributed by atoms with E-state index in [2.05, 4.69) is 5.32 Å². The van der Waals surface area contributed by atoms with Crippen LogP contribution in [0.4, 0.5) is 8.78 Å². The van der Waals surface area contributed by atoms with E-state index in [1.165, 1.54) is 25.3 Å². The van der Waals surface area contributed by atoms with E-state index < -0.39 is 17.7 Å². The Balaban J connectivity index is 2.31. The highest BCUT2D eigenvalue weighted by Crippen LogP contribution is 2.11. The van der Waals surface area contributed by atoms with Gasteiger partial charge in [-0.1, -0.05) is 6.07 Å². The zero-order chi connectivity index (χ0) is 12.7. The maximum atomic E-state index is 13.2. The Morgan fingerprint density at radius 2 is 2.00 bits per heavy atom. The number of methoxy groups -OCH3 is 1. The Bertz CT molecular complexity index is 327. The molecule has 0 saturated heterocycles. The Morgan fingerprint density at radius 3 is 2.59 bits per heavy atom. The van der Waals surface area contributed by atoms with E-state index in [0.717, 1.165) is 0 Å². The lowest BCUT2D eigenvalue weighted by Gasteiger charge is -2.10. The number of hydrogen-bond donors (Lipinski definition) is 2. The van der Waals surface area contributed by atoms with Gasteiger partial charge in [0.2, 0.25) is 0 Å². The summed E-state index contributed by atoms with van der Waals surface area (Å²) >= 11 is 0. The van der Waals surface area contributed by atoms with Crippen LogP contribution in [0.5, 0.6) is 0 Å². The number of hydrogen-bond acceptors (Lipinski definition) is 3. The van der Waals surface area contributed by atoms with Crippen LogP contribution < -0.4 is 5.32 Å². The molecule has 96 valence electrons. The van der Waals surface area contributed by atoms with E-state index in [0.29, 0.717) is 13.0 Å². The smallest absolute Gasteiger partial charge is 0.130 e. The van der Waals surface area contributed by atoms with Gasteiger partial charge in [-0.05, 0) is 25.1 Å². The largest absolute Gasteiger partial charge is 0.391 e. The zero-order valence-electron chi connectivity index (χ0n) is 9.75. The van der Waals surface area contributed by atoms with Crippen molar-refractivity contribution in [2.45, 2.75) is 19.1 Å². The van der Waals surface area contributed by atoms with E-state index in [-0.39, 0.29) is 18.7 Å². The fourth-order valence-electron chi connectivity index (χ4n) is 1.46. The first kappa shape index (κ1) is 14.0. The minimum absolute atomic E-state index is 0.0220. The maximum absolute atomic E-state index is 13.2. The minimum atomic E-state index is -0.560. The average molecular weight is 245 g/mol. The lowest BCUT2D eigenvalue weighted by Crippen LogP contribution is -2.23. The molecule has 1 unspecified atom stereocenters. The van der Waals surface area contributed by atoms with Crippen LogP contribution in [0.25, 0.3) is 0 Å². The van der Waals surface area contributed by atoms with Crippen molar-refractivity contribution in [2.75, 3.05) is 20.3 Å². The van der Waals surface area contributed by atoms with Crippen LogP contribution in [0.1, 0.15) is 12.0 Å². The molecule has 1 aromatic carbocycles. The van der Waals surface area contributed by atoms with Crippen molar-refractivity contribution < 1.29 is 18.6 Å². The topological polar surface area (TPSA) is 41.5 Å². The molecule has 0 aliphatic heterocycles. The van der Waals surface area contributed by atoms with E-state index in [4.69, 9.17) is 4.74 Å². The van der Waals surface area contributed by atoms with Crippen LogP contribution in [-0.2, 0) is 11.3 Å². The molecule has 2 N–H and O–H groups in total. The molecule has 0 aromatic heterocycles. The van der Waals surface area contributed by atoms with Crippen molar-refractivity contribution in [3.8, 4) is 0 Å². The number of benzene rings is 1. The molecule has 0 saturated carbocycles. The van der Waals surface area contributed by atoms with E-state index in [1.54, 1.807) is 0 Å². The van der Waals surface area contributed by atoms with Gasteiger partial charge in [0, 0.05) is 19.2 Å². The molecule has 1 aromatic rings. The molecule has 1 atom stereocenters. The number of rotatable bonds is 7. The first-order valence-corrected chi connectivity index (χ1v) is 5.45. The predicted molar refractivity (Wildman–Crippen MR) is 60.6 cm³/mol. The van der Waals surface area contributed by atoms with Crippen LogP contribution in [0.3, 0.4) is 0 Å². The summed E-state index contributed by atoms with van der Waals surface area (Å²) in [6.45, 7) is 0.840. The number of aliphatic hydroxyl groups excluding tert-OH is 1. The quantitative estimate of drug-likeness (QED) is 0.714. The second kappa shape index (κ2) is 7.32. The molecule has 0 radical (unpaired) electrons.